The van der Waals surface area contributed by atoms with Crippen LogP contribution in [0.2, 0.25) is 0 Å². The molecule has 1 aromatic heterocycles. The van der Waals surface area contributed by atoms with Crippen molar-refractivity contribution in [2.75, 3.05) is 14.2 Å². The number of rotatable bonds is 7. The summed E-state index contributed by atoms with van der Waals surface area (Å²) >= 11 is 0. The summed E-state index contributed by atoms with van der Waals surface area (Å²) in [5.41, 5.74) is 2.99. The summed E-state index contributed by atoms with van der Waals surface area (Å²) in [7, 11) is 5.18. The van der Waals surface area contributed by atoms with E-state index in [2.05, 4.69) is 10.3 Å². The van der Waals surface area contributed by atoms with Gasteiger partial charge in [0, 0.05) is 19.5 Å². The van der Waals surface area contributed by atoms with E-state index in [1.807, 2.05) is 54.1 Å². The van der Waals surface area contributed by atoms with Crippen LogP contribution in [0.5, 0.6) is 11.5 Å². The molecule has 0 aliphatic heterocycles. The van der Waals surface area contributed by atoms with Crippen LogP contribution < -0.4 is 14.8 Å². The summed E-state index contributed by atoms with van der Waals surface area (Å²) in [6, 6.07) is 13.6. The van der Waals surface area contributed by atoms with E-state index in [1.165, 1.54) is 0 Å². The van der Waals surface area contributed by atoms with Gasteiger partial charge in [-0.05, 0) is 36.2 Å². The highest BCUT2D eigenvalue weighted by Gasteiger charge is 2.09. The predicted molar refractivity (Wildman–Crippen MR) is 100 cm³/mol. The fourth-order valence-corrected chi connectivity index (χ4v) is 2.89. The molecule has 26 heavy (non-hydrogen) atoms. The van der Waals surface area contributed by atoms with Gasteiger partial charge in [-0.25, -0.2) is 4.98 Å². The molecule has 0 unspecified atom stereocenters. The molecule has 6 heteroatoms. The second kappa shape index (κ2) is 7.91. The molecule has 6 nitrogen and oxygen atoms in total. The average Bonchev–Trinajstić information content (AvgIpc) is 3.00. The zero-order valence-electron chi connectivity index (χ0n) is 15.3. The highest BCUT2D eigenvalue weighted by Crippen LogP contribution is 2.23. The standard InChI is InChI=1S/C20H23N3O3/c1-23-18-7-5-4-6-17(18)22-19(23)13-21-20(24)9-8-14-10-15(25-2)12-16(11-14)26-3/h4-7,10-12H,8-9,13H2,1-3H3,(H,21,24). The van der Waals surface area contributed by atoms with Crippen LogP contribution in [0.25, 0.3) is 11.0 Å². The Morgan fingerprint density at radius 2 is 1.81 bits per heavy atom. The zero-order valence-corrected chi connectivity index (χ0v) is 15.3. The molecule has 0 aliphatic carbocycles. The van der Waals surface area contributed by atoms with Gasteiger partial charge in [-0.3, -0.25) is 4.79 Å². The van der Waals surface area contributed by atoms with Crippen LogP contribution in [0.15, 0.2) is 42.5 Å². The van der Waals surface area contributed by atoms with Crippen molar-refractivity contribution in [1.29, 1.82) is 0 Å². The summed E-state index contributed by atoms with van der Waals surface area (Å²) in [4.78, 5) is 16.8. The molecule has 1 heterocycles. The van der Waals surface area contributed by atoms with E-state index in [9.17, 15) is 4.79 Å². The summed E-state index contributed by atoms with van der Waals surface area (Å²) in [6.45, 7) is 0.408. The molecule has 0 bridgehead atoms. The Bertz CT molecular complexity index is 896. The highest BCUT2D eigenvalue weighted by molar-refractivity contribution is 5.77. The van der Waals surface area contributed by atoms with Gasteiger partial charge >= 0.3 is 0 Å². The van der Waals surface area contributed by atoms with Gasteiger partial charge in [-0.2, -0.15) is 0 Å². The average molecular weight is 353 g/mol. The van der Waals surface area contributed by atoms with Crippen molar-refractivity contribution < 1.29 is 14.3 Å². The van der Waals surface area contributed by atoms with Crippen LogP contribution in [0.4, 0.5) is 0 Å². The molecule has 1 amide bonds. The number of imidazole rings is 1. The third-order valence-electron chi connectivity index (χ3n) is 4.38. The predicted octanol–water partition coefficient (Wildman–Crippen LogP) is 2.84. The van der Waals surface area contributed by atoms with Crippen molar-refractivity contribution >= 4 is 16.9 Å². The number of aryl methyl sites for hydroxylation is 2. The molecule has 0 radical (unpaired) electrons. The summed E-state index contributed by atoms with van der Waals surface area (Å²) in [5.74, 6) is 2.26. The Balaban J connectivity index is 1.58. The molecule has 0 saturated carbocycles. The Hall–Kier alpha value is -3.02. The minimum Gasteiger partial charge on any atom is -0.497 e. The van der Waals surface area contributed by atoms with Crippen molar-refractivity contribution in [2.24, 2.45) is 7.05 Å². The molecule has 1 N–H and O–H groups in total. The van der Waals surface area contributed by atoms with Crippen molar-refractivity contribution in [3.8, 4) is 11.5 Å². The molecule has 2 aromatic carbocycles. The van der Waals surface area contributed by atoms with Gasteiger partial charge in [0.2, 0.25) is 5.91 Å². The molecule has 0 atom stereocenters. The van der Waals surface area contributed by atoms with E-state index in [4.69, 9.17) is 9.47 Å². The number of nitrogens with one attached hydrogen (secondary N) is 1. The third-order valence-corrected chi connectivity index (χ3v) is 4.38. The van der Waals surface area contributed by atoms with Crippen LogP contribution in [0.3, 0.4) is 0 Å². The number of nitrogens with zero attached hydrogens (tertiary/aromatic N) is 2. The Morgan fingerprint density at radius 3 is 2.46 bits per heavy atom. The number of methoxy groups -OCH3 is 2. The van der Waals surface area contributed by atoms with Crippen LogP contribution >= 0.6 is 0 Å². The third kappa shape index (κ3) is 3.96. The maximum Gasteiger partial charge on any atom is 0.220 e. The smallest absolute Gasteiger partial charge is 0.220 e. The lowest BCUT2D eigenvalue weighted by molar-refractivity contribution is -0.121. The van der Waals surface area contributed by atoms with Gasteiger partial charge in [0.15, 0.2) is 0 Å². The molecular weight excluding hydrogens is 330 g/mol. The van der Waals surface area contributed by atoms with Crippen molar-refractivity contribution in [3.05, 3.63) is 53.9 Å². The van der Waals surface area contributed by atoms with Crippen LogP contribution in [-0.4, -0.2) is 29.7 Å². The quantitative estimate of drug-likeness (QED) is 0.709. The van der Waals surface area contributed by atoms with Crippen molar-refractivity contribution in [1.82, 2.24) is 14.9 Å². The first-order valence-electron chi connectivity index (χ1n) is 8.49. The number of carbonyl (C=O) groups excluding carboxylic acids is 1. The van der Waals surface area contributed by atoms with Crippen LogP contribution in [0, 0.1) is 0 Å². The van der Waals surface area contributed by atoms with E-state index < -0.39 is 0 Å². The summed E-state index contributed by atoms with van der Waals surface area (Å²) < 4.78 is 12.5. The summed E-state index contributed by atoms with van der Waals surface area (Å²) in [6.07, 6.45) is 1.00. The van der Waals surface area contributed by atoms with E-state index in [0.29, 0.717) is 19.4 Å². The Kier molecular flexibility index (Phi) is 5.41. The SMILES string of the molecule is COc1cc(CCC(=O)NCc2nc3ccccc3n2C)cc(OC)c1. The fraction of sp³-hybridized carbons (Fsp3) is 0.300. The van der Waals surface area contributed by atoms with E-state index in [1.54, 1.807) is 14.2 Å². The molecule has 3 rings (SSSR count). The second-order valence-electron chi connectivity index (χ2n) is 6.07. The number of amides is 1. The van der Waals surface area contributed by atoms with Crippen molar-refractivity contribution in [3.63, 3.8) is 0 Å². The van der Waals surface area contributed by atoms with Crippen molar-refractivity contribution in [2.45, 2.75) is 19.4 Å². The van der Waals surface area contributed by atoms with Crippen LogP contribution in [0.1, 0.15) is 17.8 Å². The number of benzene rings is 2. The Morgan fingerprint density at radius 1 is 1.12 bits per heavy atom. The molecule has 3 aromatic rings. The first kappa shape index (κ1) is 17.8. The minimum atomic E-state index is -0.0150. The molecule has 0 saturated heterocycles. The number of ether oxygens (including phenoxy) is 2. The Labute approximate surface area is 152 Å². The molecule has 0 spiro atoms. The maximum absolute atomic E-state index is 12.2. The van der Waals surface area contributed by atoms with Gasteiger partial charge in [-0.15, -0.1) is 0 Å². The molecular formula is C20H23N3O3. The normalized spacial score (nSPS) is 10.7. The maximum atomic E-state index is 12.2. The first-order valence-corrected chi connectivity index (χ1v) is 8.49. The number of aromatic nitrogens is 2. The summed E-state index contributed by atoms with van der Waals surface area (Å²) in [5, 5.41) is 2.94. The highest BCUT2D eigenvalue weighted by atomic mass is 16.5. The van der Waals surface area contributed by atoms with Gasteiger partial charge in [-0.1, -0.05) is 12.1 Å². The lowest BCUT2D eigenvalue weighted by Gasteiger charge is -2.09. The van der Waals surface area contributed by atoms with Gasteiger partial charge in [0.1, 0.15) is 17.3 Å². The van der Waals surface area contributed by atoms with E-state index in [-0.39, 0.29) is 5.91 Å². The number of hydrogen-bond donors (Lipinski definition) is 1. The van der Waals surface area contributed by atoms with Gasteiger partial charge in [0.25, 0.3) is 0 Å². The fourth-order valence-electron chi connectivity index (χ4n) is 2.89. The largest absolute Gasteiger partial charge is 0.497 e. The number of hydrogen-bond acceptors (Lipinski definition) is 4. The number of carbonyl (C=O) groups is 1. The molecule has 0 aliphatic rings. The number of para-hydroxylation sites is 2. The number of fused-ring (bicyclic) bond motifs is 1. The second-order valence-corrected chi connectivity index (χ2v) is 6.07. The first-order chi connectivity index (χ1) is 12.6. The topological polar surface area (TPSA) is 65.4 Å². The lowest BCUT2D eigenvalue weighted by Crippen LogP contribution is -2.24. The lowest BCUT2D eigenvalue weighted by atomic mass is 10.1. The van der Waals surface area contributed by atoms with E-state index >= 15 is 0 Å². The minimum absolute atomic E-state index is 0.0150. The monoisotopic (exact) mass is 353 g/mol. The van der Waals surface area contributed by atoms with Gasteiger partial charge < -0.3 is 19.4 Å². The molecule has 0 fully saturated rings. The molecule has 136 valence electrons. The van der Waals surface area contributed by atoms with Crippen LogP contribution in [-0.2, 0) is 24.8 Å². The zero-order chi connectivity index (χ0) is 18.5. The van der Waals surface area contributed by atoms with Gasteiger partial charge in [0.05, 0.1) is 31.8 Å². The van der Waals surface area contributed by atoms with E-state index in [0.717, 1.165) is 33.9 Å².